The Morgan fingerprint density at radius 2 is 0.675 bits per heavy atom. The average molecular weight is 1170 g/mol. The molecule has 80 heavy (non-hydrogen) atoms. The molecule has 1 heterocycles. The van der Waals surface area contributed by atoms with Crippen molar-refractivity contribution in [3.05, 3.63) is 211 Å². The van der Waals surface area contributed by atoms with E-state index in [1.165, 1.54) is 5.56 Å². The van der Waals surface area contributed by atoms with Gasteiger partial charge in [0.25, 0.3) is 0 Å². The molecule has 0 spiro atoms. The molecular formula is C51H29BF24N2O2. The number of alkyl halides is 24. The summed E-state index contributed by atoms with van der Waals surface area (Å²) >= 11 is 0. The molecular weight excluding hydrogens is 1140 g/mol. The minimum absolute atomic E-state index is 0.168. The SMILES string of the molecule is FC(F)(F)c1cc([B-](c2cc(C(F)(F)F)cc(C(F)(F)F)c2)(c2cc(C(F)(F)F)cc(C(F)(F)F)c2)c2cc(C(F)(F)F)cc(C(F)(F)F)c2)cc(C(F)(F)F)c1.O=[N+]([O-])CC=Cc1ccc2ccccc2[n+]1Cc1ccccc1. The minimum atomic E-state index is -6.13. The Kier molecular flexibility index (Phi) is 16.7. The van der Waals surface area contributed by atoms with E-state index in [0.717, 1.165) is 23.1 Å². The summed E-state index contributed by atoms with van der Waals surface area (Å²) in [5, 5.41) is 11.7. The number of hydrogen-bond acceptors (Lipinski definition) is 2. The Hall–Kier alpha value is -7.75. The lowest BCUT2D eigenvalue weighted by molar-refractivity contribution is -0.664. The van der Waals surface area contributed by atoms with E-state index in [4.69, 9.17) is 0 Å². The van der Waals surface area contributed by atoms with Crippen LogP contribution in [0.2, 0.25) is 0 Å². The summed E-state index contributed by atoms with van der Waals surface area (Å²) in [6.07, 6.45) is -51.4. The standard InChI is InChI=1S/C32H12BF24.C19H17N2O2/c34-25(35,36)13-1-14(26(37,38)39)6-21(5-13)33(22-7-15(27(40,41)42)2-16(8-22)28(43,44)45,23-9-17(29(46,47)48)3-18(10-23)30(49,50)51)24-11-19(31(52,53)54)4-20(12-24)32(55,56)57;22-21(23)14-6-10-18-13-12-17-9-4-5-11-19(17)20(18)15-16-7-2-1-3-8-16/h1-12H;1-13H,14-15H2/q-1;+1. The molecule has 0 aliphatic heterocycles. The Labute approximate surface area is 433 Å². The number of nitro groups is 1. The highest BCUT2D eigenvalue weighted by atomic mass is 19.4. The number of halogens is 24. The number of pyridine rings is 1. The van der Waals surface area contributed by atoms with Gasteiger partial charge in [0.1, 0.15) is 6.15 Å². The van der Waals surface area contributed by atoms with Crippen LogP contribution in [0.3, 0.4) is 0 Å². The van der Waals surface area contributed by atoms with Crippen LogP contribution in [0.1, 0.15) is 55.8 Å². The summed E-state index contributed by atoms with van der Waals surface area (Å²) in [7, 11) is 0. The maximum absolute atomic E-state index is 14.2. The van der Waals surface area contributed by atoms with Crippen molar-refractivity contribution >= 4 is 45.0 Å². The topological polar surface area (TPSA) is 47.0 Å². The molecule has 0 saturated heterocycles. The van der Waals surface area contributed by atoms with Crippen LogP contribution in [-0.2, 0) is 56.0 Å². The van der Waals surface area contributed by atoms with Crippen molar-refractivity contribution in [2.24, 2.45) is 0 Å². The van der Waals surface area contributed by atoms with Crippen LogP contribution >= 0.6 is 0 Å². The summed E-state index contributed by atoms with van der Waals surface area (Å²) < 4.78 is 343. The zero-order valence-corrected chi connectivity index (χ0v) is 39.2. The van der Waals surface area contributed by atoms with E-state index in [-0.39, 0.29) is 11.5 Å². The monoisotopic (exact) mass is 1170 g/mol. The predicted octanol–water partition coefficient (Wildman–Crippen LogP) is 14.7. The second-order valence-corrected chi connectivity index (χ2v) is 17.5. The zero-order chi connectivity index (χ0) is 60.0. The fourth-order valence-corrected chi connectivity index (χ4v) is 8.70. The van der Waals surface area contributed by atoms with Gasteiger partial charge in [0.2, 0.25) is 17.8 Å². The highest BCUT2D eigenvalue weighted by Crippen LogP contribution is 2.41. The molecule has 0 saturated carbocycles. The van der Waals surface area contributed by atoms with Gasteiger partial charge in [-0.3, -0.25) is 10.1 Å². The molecule has 7 rings (SSSR count). The van der Waals surface area contributed by atoms with Crippen LogP contribution in [0.4, 0.5) is 105 Å². The second-order valence-electron chi connectivity index (χ2n) is 17.5. The van der Waals surface area contributed by atoms with Gasteiger partial charge in [-0.2, -0.15) is 132 Å². The molecule has 0 N–H and O–H groups in total. The lowest BCUT2D eigenvalue weighted by Crippen LogP contribution is -2.75. The van der Waals surface area contributed by atoms with E-state index in [2.05, 4.69) is 28.8 Å². The molecule has 7 aromatic rings. The highest BCUT2D eigenvalue weighted by molar-refractivity contribution is 7.20. The molecule has 0 fully saturated rings. The molecule has 4 nitrogen and oxygen atoms in total. The summed E-state index contributed by atoms with van der Waals surface area (Å²) in [5.74, 6) is 0. The first-order valence-corrected chi connectivity index (χ1v) is 22.1. The van der Waals surface area contributed by atoms with Crippen molar-refractivity contribution in [2.75, 3.05) is 6.54 Å². The molecule has 0 radical (unpaired) electrons. The van der Waals surface area contributed by atoms with Crippen molar-refractivity contribution in [2.45, 2.75) is 56.0 Å². The van der Waals surface area contributed by atoms with E-state index < -0.39 is 195 Å². The molecule has 0 aliphatic rings. The lowest BCUT2D eigenvalue weighted by atomic mass is 9.12. The van der Waals surface area contributed by atoms with Crippen molar-refractivity contribution in [1.29, 1.82) is 0 Å². The van der Waals surface area contributed by atoms with Gasteiger partial charge in [-0.15, -0.1) is 0 Å². The number of rotatable bonds is 9. The third-order valence-electron chi connectivity index (χ3n) is 12.1. The van der Waals surface area contributed by atoms with Gasteiger partial charge < -0.3 is 0 Å². The van der Waals surface area contributed by atoms with Gasteiger partial charge in [0, 0.05) is 34.1 Å². The van der Waals surface area contributed by atoms with Crippen LogP contribution in [0.25, 0.3) is 17.0 Å². The summed E-state index contributed by atoms with van der Waals surface area (Å²) in [6, 6.07) is 13.6. The smallest absolute Gasteiger partial charge is 0.264 e. The number of benzene rings is 6. The third kappa shape index (κ3) is 14.2. The van der Waals surface area contributed by atoms with Gasteiger partial charge in [0.15, 0.2) is 6.54 Å². The molecule has 6 aromatic carbocycles. The molecule has 0 unspecified atom stereocenters. The van der Waals surface area contributed by atoms with Gasteiger partial charge in [-0.25, -0.2) is 0 Å². The third-order valence-corrected chi connectivity index (χ3v) is 12.1. The molecule has 0 amide bonds. The van der Waals surface area contributed by atoms with Crippen molar-refractivity contribution in [3.8, 4) is 0 Å². The molecule has 426 valence electrons. The van der Waals surface area contributed by atoms with E-state index in [9.17, 15) is 115 Å². The van der Waals surface area contributed by atoms with E-state index in [1.807, 2.05) is 48.5 Å². The van der Waals surface area contributed by atoms with Crippen LogP contribution in [-0.4, -0.2) is 17.6 Å². The molecule has 1 aromatic heterocycles. The number of nitrogens with zero attached hydrogens (tertiary/aromatic N) is 2. The first-order valence-electron chi connectivity index (χ1n) is 22.1. The van der Waals surface area contributed by atoms with Crippen LogP contribution in [0.5, 0.6) is 0 Å². The maximum Gasteiger partial charge on any atom is 0.416 e. The van der Waals surface area contributed by atoms with Gasteiger partial charge in [-0.1, -0.05) is 91.0 Å². The number of hydrogen-bond donors (Lipinski definition) is 0. The summed E-state index contributed by atoms with van der Waals surface area (Å²) in [4.78, 5) is 10.2. The quantitative estimate of drug-likeness (QED) is 0.0475. The fraction of sp³-hybridized carbons (Fsp3) is 0.196. The lowest BCUT2D eigenvalue weighted by Gasteiger charge is -2.46. The van der Waals surface area contributed by atoms with Crippen LogP contribution in [0, 0.1) is 10.1 Å². The minimum Gasteiger partial charge on any atom is -0.264 e. The van der Waals surface area contributed by atoms with Gasteiger partial charge >= 0.3 is 49.4 Å². The Balaban J connectivity index is 0.000000370. The number of para-hydroxylation sites is 1. The van der Waals surface area contributed by atoms with Crippen molar-refractivity contribution in [3.63, 3.8) is 0 Å². The second kappa shape index (κ2) is 21.7. The van der Waals surface area contributed by atoms with E-state index >= 15 is 0 Å². The Morgan fingerprint density at radius 1 is 0.388 bits per heavy atom. The molecule has 0 atom stereocenters. The van der Waals surface area contributed by atoms with Gasteiger partial charge in [-0.05, 0) is 42.5 Å². The average Bonchev–Trinajstić information content (AvgIpc) is 3.33. The first-order chi connectivity index (χ1) is 36.5. The van der Waals surface area contributed by atoms with Crippen LogP contribution < -0.4 is 26.4 Å². The summed E-state index contributed by atoms with van der Waals surface area (Å²) in [6.45, 7) is 0.554. The predicted molar refractivity (Wildman–Crippen MR) is 241 cm³/mol. The number of aromatic nitrogens is 1. The molecule has 0 bridgehead atoms. The molecule has 29 heteroatoms. The van der Waals surface area contributed by atoms with E-state index in [0.29, 0.717) is 0 Å². The highest BCUT2D eigenvalue weighted by Gasteiger charge is 2.47. The molecule has 0 aliphatic carbocycles. The normalized spacial score (nSPS) is 13.4. The first kappa shape index (κ1) is 61.5. The van der Waals surface area contributed by atoms with Crippen molar-refractivity contribution in [1.82, 2.24) is 0 Å². The largest absolute Gasteiger partial charge is 0.416 e. The Morgan fingerprint density at radius 3 is 0.963 bits per heavy atom. The maximum atomic E-state index is 14.2. The van der Waals surface area contributed by atoms with Crippen LogP contribution in [0.15, 0.2) is 146 Å². The zero-order valence-electron chi connectivity index (χ0n) is 39.2. The number of fused-ring (bicyclic) bond motifs is 1. The Bertz CT molecular complexity index is 2990. The van der Waals surface area contributed by atoms with Crippen molar-refractivity contribution < 1.29 is 115 Å². The fourth-order valence-electron chi connectivity index (χ4n) is 8.70. The van der Waals surface area contributed by atoms with E-state index in [1.54, 1.807) is 6.08 Å². The summed E-state index contributed by atoms with van der Waals surface area (Å²) in [5.41, 5.74) is -26.9. The van der Waals surface area contributed by atoms with Gasteiger partial charge in [0.05, 0.1) is 44.5 Å².